The Hall–Kier alpha value is -0.0800. The molecule has 0 aromatic carbocycles. The van der Waals surface area contributed by atoms with E-state index in [2.05, 4.69) is 11.8 Å². The number of hydrogen-bond acceptors (Lipinski definition) is 2. The van der Waals surface area contributed by atoms with Crippen LogP contribution in [-0.2, 0) is 4.74 Å². The van der Waals surface area contributed by atoms with Crippen molar-refractivity contribution in [3.8, 4) is 0 Å². The first-order valence-corrected chi connectivity index (χ1v) is 6.18. The Morgan fingerprint density at radius 2 is 1.79 bits per heavy atom. The second-order valence-electron chi connectivity index (χ2n) is 4.92. The van der Waals surface area contributed by atoms with Gasteiger partial charge in [-0.2, -0.15) is 0 Å². The van der Waals surface area contributed by atoms with Gasteiger partial charge in [0.05, 0.1) is 6.61 Å². The Balaban J connectivity index is 1.81. The molecule has 14 heavy (non-hydrogen) atoms. The highest BCUT2D eigenvalue weighted by Gasteiger charge is 2.24. The minimum absolute atomic E-state index is 0.868. The Kier molecular flexibility index (Phi) is 3.82. The minimum atomic E-state index is 0.868. The van der Waals surface area contributed by atoms with E-state index in [1.807, 2.05) is 0 Å². The molecular formula is C12H23NO. The monoisotopic (exact) mass is 197 g/mol. The lowest BCUT2D eigenvalue weighted by Crippen LogP contribution is -2.39. The second-order valence-corrected chi connectivity index (χ2v) is 4.92. The third-order valence-corrected chi connectivity index (χ3v) is 3.76. The van der Waals surface area contributed by atoms with E-state index in [0.29, 0.717) is 0 Å². The van der Waals surface area contributed by atoms with E-state index in [9.17, 15) is 0 Å². The number of ether oxygens (including phenoxy) is 1. The van der Waals surface area contributed by atoms with Gasteiger partial charge < -0.3 is 4.74 Å². The molecule has 1 heterocycles. The summed E-state index contributed by atoms with van der Waals surface area (Å²) in [5, 5.41) is 0. The van der Waals surface area contributed by atoms with Crippen LogP contribution in [0.3, 0.4) is 0 Å². The highest BCUT2D eigenvalue weighted by molar-refractivity contribution is 4.79. The van der Waals surface area contributed by atoms with E-state index in [-0.39, 0.29) is 0 Å². The quantitative estimate of drug-likeness (QED) is 0.639. The molecule has 1 aliphatic heterocycles. The molecule has 1 aliphatic carbocycles. The Morgan fingerprint density at radius 3 is 2.57 bits per heavy atom. The molecule has 0 aromatic rings. The maximum atomic E-state index is 5.49. The summed E-state index contributed by atoms with van der Waals surface area (Å²) >= 11 is 0. The van der Waals surface area contributed by atoms with Gasteiger partial charge in [-0.25, -0.2) is 0 Å². The van der Waals surface area contributed by atoms with Gasteiger partial charge in [-0.1, -0.05) is 6.92 Å². The van der Waals surface area contributed by atoms with Crippen LogP contribution in [-0.4, -0.2) is 37.2 Å². The first-order chi connectivity index (χ1) is 6.86. The second kappa shape index (κ2) is 5.13. The largest absolute Gasteiger partial charge is 0.380 e. The first kappa shape index (κ1) is 10.4. The van der Waals surface area contributed by atoms with E-state index < -0.39 is 0 Å². The van der Waals surface area contributed by atoms with Crippen molar-refractivity contribution in [3.05, 3.63) is 0 Å². The summed E-state index contributed by atoms with van der Waals surface area (Å²) in [5.41, 5.74) is 0. The van der Waals surface area contributed by atoms with E-state index in [4.69, 9.17) is 4.74 Å². The zero-order valence-electron chi connectivity index (χ0n) is 9.37. The number of nitrogens with zero attached hydrogens (tertiary/aromatic N) is 1. The molecule has 1 saturated heterocycles. The molecule has 2 heteroatoms. The Bertz CT molecular complexity index is 156. The zero-order valence-corrected chi connectivity index (χ0v) is 9.37. The highest BCUT2D eigenvalue weighted by atomic mass is 16.5. The predicted molar refractivity (Wildman–Crippen MR) is 58.4 cm³/mol. The van der Waals surface area contributed by atoms with Crippen LogP contribution < -0.4 is 0 Å². The summed E-state index contributed by atoms with van der Waals surface area (Å²) in [6.07, 6.45) is 6.93. The van der Waals surface area contributed by atoms with Gasteiger partial charge >= 0.3 is 0 Å². The highest BCUT2D eigenvalue weighted by Crippen LogP contribution is 2.27. The molecule has 0 N–H and O–H groups in total. The molecule has 2 nitrogen and oxygen atoms in total. The maximum absolute atomic E-state index is 5.49. The lowest BCUT2D eigenvalue weighted by atomic mass is 9.86. The number of hydrogen-bond donors (Lipinski definition) is 0. The minimum Gasteiger partial charge on any atom is -0.380 e. The lowest BCUT2D eigenvalue weighted by molar-refractivity contribution is 0.114. The van der Waals surface area contributed by atoms with Crippen molar-refractivity contribution >= 4 is 0 Å². The third kappa shape index (κ3) is 2.71. The fraction of sp³-hybridized carbons (Fsp3) is 1.00. The van der Waals surface area contributed by atoms with Gasteiger partial charge in [-0.15, -0.1) is 0 Å². The van der Waals surface area contributed by atoms with Gasteiger partial charge in [0.1, 0.15) is 0 Å². The summed E-state index contributed by atoms with van der Waals surface area (Å²) < 4.78 is 5.49. The molecule has 0 radical (unpaired) electrons. The SMILES string of the molecule is CC1CCC(N2CCCOCC2)CC1. The molecule has 0 aromatic heterocycles. The van der Waals surface area contributed by atoms with Gasteiger partial charge in [0.25, 0.3) is 0 Å². The molecule has 0 bridgehead atoms. The molecule has 0 unspecified atom stereocenters. The van der Waals surface area contributed by atoms with Gasteiger partial charge in [-0.3, -0.25) is 4.90 Å². The van der Waals surface area contributed by atoms with Crippen molar-refractivity contribution in [1.29, 1.82) is 0 Å². The van der Waals surface area contributed by atoms with Gasteiger partial charge in [-0.05, 0) is 38.0 Å². The summed E-state index contributed by atoms with van der Waals surface area (Å²) in [7, 11) is 0. The lowest BCUT2D eigenvalue weighted by Gasteiger charge is -2.35. The maximum Gasteiger partial charge on any atom is 0.0593 e. The van der Waals surface area contributed by atoms with Gasteiger partial charge in [0.15, 0.2) is 0 Å². The molecule has 2 aliphatic rings. The average Bonchev–Trinajstić information content (AvgIpc) is 2.47. The topological polar surface area (TPSA) is 12.5 Å². The van der Waals surface area contributed by atoms with E-state index in [1.165, 1.54) is 45.2 Å². The molecule has 1 saturated carbocycles. The predicted octanol–water partition coefficient (Wildman–Crippen LogP) is 2.29. The molecule has 0 amide bonds. The first-order valence-electron chi connectivity index (χ1n) is 6.18. The van der Waals surface area contributed by atoms with Crippen LogP contribution in [0.15, 0.2) is 0 Å². The molecule has 0 spiro atoms. The molecule has 2 fully saturated rings. The fourth-order valence-corrected chi connectivity index (χ4v) is 2.74. The Labute approximate surface area is 87.6 Å². The van der Waals surface area contributed by atoms with E-state index in [0.717, 1.165) is 25.2 Å². The third-order valence-electron chi connectivity index (χ3n) is 3.76. The van der Waals surface area contributed by atoms with Gasteiger partial charge in [0, 0.05) is 25.7 Å². The molecular weight excluding hydrogens is 174 g/mol. The average molecular weight is 197 g/mol. The van der Waals surface area contributed by atoms with Crippen LogP contribution in [0.1, 0.15) is 39.0 Å². The summed E-state index contributed by atoms with van der Waals surface area (Å²) in [5.74, 6) is 0.967. The summed E-state index contributed by atoms with van der Waals surface area (Å²) in [4.78, 5) is 2.67. The standard InChI is InChI=1S/C12H23NO/c1-11-3-5-12(6-4-11)13-7-2-9-14-10-8-13/h11-12H,2-10H2,1H3. The van der Waals surface area contributed by atoms with Gasteiger partial charge in [0.2, 0.25) is 0 Å². The summed E-state index contributed by atoms with van der Waals surface area (Å²) in [6, 6.07) is 0.868. The van der Waals surface area contributed by atoms with Crippen LogP contribution in [0.5, 0.6) is 0 Å². The van der Waals surface area contributed by atoms with Crippen molar-refractivity contribution < 1.29 is 4.74 Å². The smallest absolute Gasteiger partial charge is 0.0593 e. The normalized spacial score (nSPS) is 36.6. The molecule has 0 atom stereocenters. The van der Waals surface area contributed by atoms with Crippen LogP contribution in [0.2, 0.25) is 0 Å². The van der Waals surface area contributed by atoms with Crippen LogP contribution in [0.25, 0.3) is 0 Å². The van der Waals surface area contributed by atoms with E-state index in [1.54, 1.807) is 0 Å². The summed E-state index contributed by atoms with van der Waals surface area (Å²) in [6.45, 7) is 6.74. The van der Waals surface area contributed by atoms with Crippen LogP contribution in [0, 0.1) is 5.92 Å². The van der Waals surface area contributed by atoms with Crippen LogP contribution >= 0.6 is 0 Å². The van der Waals surface area contributed by atoms with Crippen LogP contribution in [0.4, 0.5) is 0 Å². The van der Waals surface area contributed by atoms with Crippen molar-refractivity contribution in [1.82, 2.24) is 4.90 Å². The van der Waals surface area contributed by atoms with Crippen molar-refractivity contribution in [2.75, 3.05) is 26.3 Å². The number of rotatable bonds is 1. The van der Waals surface area contributed by atoms with E-state index >= 15 is 0 Å². The van der Waals surface area contributed by atoms with Crippen molar-refractivity contribution in [2.24, 2.45) is 5.92 Å². The molecule has 2 rings (SSSR count). The molecule has 82 valence electrons. The van der Waals surface area contributed by atoms with Crippen molar-refractivity contribution in [3.63, 3.8) is 0 Å². The zero-order chi connectivity index (χ0) is 9.80. The van der Waals surface area contributed by atoms with Crippen molar-refractivity contribution in [2.45, 2.75) is 45.1 Å². The fourth-order valence-electron chi connectivity index (χ4n) is 2.74. The Morgan fingerprint density at radius 1 is 1.00 bits per heavy atom.